The summed E-state index contributed by atoms with van der Waals surface area (Å²) >= 11 is 2.86. The average Bonchev–Trinajstić information content (AvgIpc) is 2.22. The minimum Gasteiger partial charge on any atom is -0.277 e. The van der Waals surface area contributed by atoms with E-state index in [1.54, 1.807) is 4.72 Å². The molecule has 0 spiro atoms. The lowest BCUT2D eigenvalue weighted by molar-refractivity contribution is 0.580. The standard InChI is InChI=1S/C9H7BrF2N2O2S/c1-5(4-13)17(15,16)14-9-7(11)2-6(10)3-8(9)12/h2-3,5,14H,1H3. The predicted molar refractivity (Wildman–Crippen MR) is 61.7 cm³/mol. The number of hydrogen-bond acceptors (Lipinski definition) is 3. The van der Waals surface area contributed by atoms with E-state index in [9.17, 15) is 17.2 Å². The quantitative estimate of drug-likeness (QED) is 0.928. The van der Waals surface area contributed by atoms with Crippen molar-refractivity contribution in [2.75, 3.05) is 4.72 Å². The minimum absolute atomic E-state index is 0.142. The molecule has 1 aromatic rings. The third-order valence-electron chi connectivity index (χ3n) is 1.90. The lowest BCUT2D eigenvalue weighted by Crippen LogP contribution is -2.25. The van der Waals surface area contributed by atoms with Crippen molar-refractivity contribution in [2.45, 2.75) is 12.2 Å². The number of rotatable bonds is 3. The largest absolute Gasteiger partial charge is 0.277 e. The molecule has 0 aromatic heterocycles. The molecular weight excluding hydrogens is 318 g/mol. The first-order valence-electron chi connectivity index (χ1n) is 4.33. The van der Waals surface area contributed by atoms with Crippen LogP contribution in [0, 0.1) is 23.0 Å². The van der Waals surface area contributed by atoms with Gasteiger partial charge in [-0.25, -0.2) is 17.2 Å². The SMILES string of the molecule is CC(C#N)S(=O)(=O)Nc1c(F)cc(Br)cc1F. The summed E-state index contributed by atoms with van der Waals surface area (Å²) in [6, 6.07) is 3.30. The molecule has 0 aliphatic rings. The Hall–Kier alpha value is -1.20. The topological polar surface area (TPSA) is 70.0 Å². The van der Waals surface area contributed by atoms with E-state index in [1.165, 1.54) is 6.07 Å². The number of hydrogen-bond donors (Lipinski definition) is 1. The molecule has 1 atom stereocenters. The van der Waals surface area contributed by atoms with Crippen LogP contribution in [0.2, 0.25) is 0 Å². The van der Waals surface area contributed by atoms with Crippen LogP contribution in [-0.2, 0) is 10.0 Å². The molecule has 92 valence electrons. The molecule has 0 saturated heterocycles. The maximum absolute atomic E-state index is 13.3. The van der Waals surface area contributed by atoms with E-state index < -0.39 is 32.6 Å². The van der Waals surface area contributed by atoms with Crippen LogP contribution in [0.5, 0.6) is 0 Å². The summed E-state index contributed by atoms with van der Waals surface area (Å²) in [6.07, 6.45) is 0. The molecule has 0 aliphatic heterocycles. The van der Waals surface area contributed by atoms with Gasteiger partial charge in [-0.05, 0) is 19.1 Å². The molecular formula is C9H7BrF2N2O2S. The highest BCUT2D eigenvalue weighted by atomic mass is 79.9. The van der Waals surface area contributed by atoms with Crippen molar-refractivity contribution in [1.29, 1.82) is 5.26 Å². The number of nitrogens with zero attached hydrogens (tertiary/aromatic N) is 1. The molecule has 1 aromatic carbocycles. The van der Waals surface area contributed by atoms with Crippen LogP contribution in [-0.4, -0.2) is 13.7 Å². The van der Waals surface area contributed by atoms with Crippen molar-refractivity contribution < 1.29 is 17.2 Å². The van der Waals surface area contributed by atoms with Crippen molar-refractivity contribution in [1.82, 2.24) is 0 Å². The van der Waals surface area contributed by atoms with Gasteiger partial charge >= 0.3 is 0 Å². The molecule has 1 unspecified atom stereocenters. The van der Waals surface area contributed by atoms with E-state index in [2.05, 4.69) is 15.9 Å². The van der Waals surface area contributed by atoms with Crippen molar-refractivity contribution in [3.8, 4) is 6.07 Å². The van der Waals surface area contributed by atoms with Crippen LogP contribution in [0.4, 0.5) is 14.5 Å². The molecule has 1 N–H and O–H groups in total. The van der Waals surface area contributed by atoms with Gasteiger partial charge in [0.15, 0.2) is 16.9 Å². The minimum atomic E-state index is -4.13. The lowest BCUT2D eigenvalue weighted by Gasteiger charge is -2.11. The van der Waals surface area contributed by atoms with Crippen molar-refractivity contribution in [3.05, 3.63) is 28.2 Å². The first-order valence-corrected chi connectivity index (χ1v) is 6.67. The van der Waals surface area contributed by atoms with Gasteiger partial charge in [0.05, 0.1) is 6.07 Å². The summed E-state index contributed by atoms with van der Waals surface area (Å²) in [5, 5.41) is 7.05. The lowest BCUT2D eigenvalue weighted by atomic mass is 10.3. The second kappa shape index (κ2) is 4.98. The molecule has 0 radical (unpaired) electrons. The Morgan fingerprint density at radius 1 is 1.41 bits per heavy atom. The fourth-order valence-corrected chi connectivity index (χ4v) is 2.14. The third-order valence-corrected chi connectivity index (χ3v) is 3.88. The molecule has 17 heavy (non-hydrogen) atoms. The second-order valence-corrected chi connectivity index (χ2v) is 6.08. The van der Waals surface area contributed by atoms with E-state index in [-0.39, 0.29) is 4.47 Å². The third kappa shape index (κ3) is 3.14. The van der Waals surface area contributed by atoms with Gasteiger partial charge in [0, 0.05) is 4.47 Å². The summed E-state index contributed by atoms with van der Waals surface area (Å²) < 4.78 is 51.4. The van der Waals surface area contributed by atoms with Crippen LogP contribution in [0.1, 0.15) is 6.92 Å². The second-order valence-electron chi connectivity index (χ2n) is 3.16. The van der Waals surface area contributed by atoms with E-state index in [4.69, 9.17) is 5.26 Å². The highest BCUT2D eigenvalue weighted by Gasteiger charge is 2.23. The summed E-state index contributed by atoms with van der Waals surface area (Å²) in [7, 11) is -4.13. The van der Waals surface area contributed by atoms with Crippen LogP contribution >= 0.6 is 15.9 Å². The molecule has 0 fully saturated rings. The Morgan fingerprint density at radius 3 is 2.29 bits per heavy atom. The van der Waals surface area contributed by atoms with Crippen LogP contribution < -0.4 is 4.72 Å². The predicted octanol–water partition coefficient (Wildman–Crippen LogP) is 2.38. The number of nitriles is 1. The maximum Gasteiger partial charge on any atom is 0.249 e. The molecule has 4 nitrogen and oxygen atoms in total. The Labute approximate surface area is 105 Å². The highest BCUT2D eigenvalue weighted by molar-refractivity contribution is 9.10. The number of benzene rings is 1. The maximum atomic E-state index is 13.3. The van der Waals surface area contributed by atoms with Gasteiger partial charge in [0.1, 0.15) is 5.69 Å². The summed E-state index contributed by atoms with van der Waals surface area (Å²) in [5.74, 6) is -2.13. The average molecular weight is 325 g/mol. The number of halogens is 3. The van der Waals surface area contributed by atoms with Crippen molar-refractivity contribution in [2.24, 2.45) is 0 Å². The zero-order valence-corrected chi connectivity index (χ0v) is 10.9. The van der Waals surface area contributed by atoms with Crippen molar-refractivity contribution >= 4 is 31.6 Å². The van der Waals surface area contributed by atoms with Crippen LogP contribution in [0.25, 0.3) is 0 Å². The van der Waals surface area contributed by atoms with E-state index in [0.29, 0.717) is 0 Å². The number of anilines is 1. The number of nitrogens with one attached hydrogen (secondary N) is 1. The summed E-state index contributed by atoms with van der Waals surface area (Å²) in [4.78, 5) is 0. The fourth-order valence-electron chi connectivity index (χ4n) is 0.940. The van der Waals surface area contributed by atoms with Gasteiger partial charge in [0.25, 0.3) is 0 Å². The summed E-state index contributed by atoms with van der Waals surface area (Å²) in [5.41, 5.74) is -0.796. The molecule has 0 saturated carbocycles. The van der Waals surface area contributed by atoms with Gasteiger partial charge in [-0.15, -0.1) is 0 Å². The molecule has 8 heteroatoms. The first kappa shape index (κ1) is 13.9. The van der Waals surface area contributed by atoms with E-state index in [1.807, 2.05) is 0 Å². The van der Waals surface area contributed by atoms with Crippen molar-refractivity contribution in [3.63, 3.8) is 0 Å². The Morgan fingerprint density at radius 2 is 1.88 bits per heavy atom. The molecule has 1 rings (SSSR count). The van der Waals surface area contributed by atoms with Gasteiger partial charge in [-0.1, -0.05) is 15.9 Å². The summed E-state index contributed by atoms with van der Waals surface area (Å²) in [6.45, 7) is 1.11. The monoisotopic (exact) mass is 324 g/mol. The Balaban J connectivity index is 3.18. The molecule has 0 amide bonds. The normalized spacial score (nSPS) is 12.9. The molecule has 0 heterocycles. The zero-order valence-electron chi connectivity index (χ0n) is 8.54. The Kier molecular flexibility index (Phi) is 4.06. The highest BCUT2D eigenvalue weighted by Crippen LogP contribution is 2.25. The first-order chi connectivity index (χ1) is 7.77. The fraction of sp³-hybridized carbons (Fsp3) is 0.222. The van der Waals surface area contributed by atoms with Crippen LogP contribution in [0.15, 0.2) is 16.6 Å². The zero-order chi connectivity index (χ0) is 13.2. The Bertz CT molecular complexity index is 560. The van der Waals surface area contributed by atoms with Gasteiger partial charge in [0.2, 0.25) is 10.0 Å². The van der Waals surface area contributed by atoms with E-state index >= 15 is 0 Å². The number of sulfonamides is 1. The molecule has 0 aliphatic carbocycles. The van der Waals surface area contributed by atoms with Gasteiger partial charge in [-0.3, -0.25) is 4.72 Å². The van der Waals surface area contributed by atoms with Crippen LogP contribution in [0.3, 0.4) is 0 Å². The molecule has 0 bridgehead atoms. The smallest absolute Gasteiger partial charge is 0.249 e. The van der Waals surface area contributed by atoms with Gasteiger partial charge < -0.3 is 0 Å². The van der Waals surface area contributed by atoms with E-state index in [0.717, 1.165) is 19.1 Å². The van der Waals surface area contributed by atoms with Gasteiger partial charge in [-0.2, -0.15) is 5.26 Å².